The van der Waals surface area contributed by atoms with Crippen molar-refractivity contribution in [3.63, 3.8) is 0 Å². The van der Waals surface area contributed by atoms with E-state index in [2.05, 4.69) is 0 Å². The molecule has 0 amide bonds. The average molecular weight is 360 g/mol. The van der Waals surface area contributed by atoms with Crippen LogP contribution >= 0.6 is 0 Å². The van der Waals surface area contributed by atoms with Crippen molar-refractivity contribution in [3.05, 3.63) is 34.9 Å². The number of aryl methyl sites for hydroxylation is 1. The zero-order valence-corrected chi connectivity index (χ0v) is 13.9. The molecule has 0 N–H and O–H groups in total. The average Bonchev–Trinajstić information content (AvgIpc) is 2.45. The highest BCUT2D eigenvalue weighted by Crippen LogP contribution is 2.36. The van der Waals surface area contributed by atoms with E-state index in [0.717, 1.165) is 12.1 Å². The van der Waals surface area contributed by atoms with Gasteiger partial charge < -0.3 is 8.85 Å². The van der Waals surface area contributed by atoms with Crippen LogP contribution in [0.15, 0.2) is 18.2 Å². The Morgan fingerprint density at radius 2 is 1.30 bits per heavy atom. The molecule has 0 aliphatic carbocycles. The molecular formula is C14H18F6O2Si. The molecule has 1 rings (SSSR count). The second-order valence-electron chi connectivity index (χ2n) is 5.31. The third-order valence-corrected chi connectivity index (χ3v) is 6.60. The minimum Gasteiger partial charge on any atom is -0.398 e. The zero-order chi connectivity index (χ0) is 17.9. The maximum atomic E-state index is 12.8. The SMILES string of the molecule is CO[Si](C)(CCCc1cc(C(F)(F)F)cc(C(F)(F)F)c1)OC. The molecule has 0 aliphatic rings. The first-order chi connectivity index (χ1) is 10.4. The van der Waals surface area contributed by atoms with E-state index in [-0.39, 0.29) is 18.1 Å². The number of alkyl halides is 6. The van der Waals surface area contributed by atoms with E-state index in [9.17, 15) is 26.3 Å². The Kier molecular flexibility index (Phi) is 6.28. The minimum absolute atomic E-state index is 0.00398. The molecule has 0 atom stereocenters. The fourth-order valence-corrected chi connectivity index (χ4v) is 3.46. The second kappa shape index (κ2) is 7.23. The summed E-state index contributed by atoms with van der Waals surface area (Å²) in [4.78, 5) is 0. The first-order valence-electron chi connectivity index (χ1n) is 6.80. The Morgan fingerprint density at radius 1 is 0.870 bits per heavy atom. The van der Waals surface area contributed by atoms with Crippen LogP contribution in [-0.2, 0) is 27.6 Å². The smallest absolute Gasteiger partial charge is 0.398 e. The van der Waals surface area contributed by atoms with Crippen molar-refractivity contribution in [3.8, 4) is 0 Å². The Labute approximate surface area is 131 Å². The molecule has 0 saturated heterocycles. The number of halogens is 6. The molecule has 0 saturated carbocycles. The van der Waals surface area contributed by atoms with Crippen molar-refractivity contribution in [1.82, 2.24) is 0 Å². The first kappa shape index (κ1) is 20.0. The maximum absolute atomic E-state index is 12.8. The molecule has 0 aromatic heterocycles. The van der Waals surface area contributed by atoms with Crippen molar-refractivity contribution in [1.29, 1.82) is 0 Å². The largest absolute Gasteiger partial charge is 0.416 e. The van der Waals surface area contributed by atoms with E-state index >= 15 is 0 Å². The van der Waals surface area contributed by atoms with Crippen molar-refractivity contribution in [2.45, 2.75) is 37.8 Å². The Morgan fingerprint density at radius 3 is 1.65 bits per heavy atom. The molecule has 1 aromatic rings. The summed E-state index contributed by atoms with van der Waals surface area (Å²) in [6.45, 7) is 1.78. The molecule has 0 radical (unpaired) electrons. The summed E-state index contributed by atoms with van der Waals surface area (Å²) >= 11 is 0. The summed E-state index contributed by atoms with van der Waals surface area (Å²) in [5.41, 5.74) is -2.59. The standard InChI is InChI=1S/C14H18F6O2Si/c1-21-23(3,22-2)6-4-5-10-7-11(13(15,16)17)9-12(8-10)14(18,19)20/h7-9H,4-6H2,1-3H3. The molecule has 0 aliphatic heterocycles. The van der Waals surface area contributed by atoms with Gasteiger partial charge in [-0.3, -0.25) is 0 Å². The van der Waals surface area contributed by atoms with Crippen molar-refractivity contribution < 1.29 is 35.2 Å². The zero-order valence-electron chi connectivity index (χ0n) is 12.9. The maximum Gasteiger partial charge on any atom is 0.416 e. The van der Waals surface area contributed by atoms with Crippen LogP contribution in [-0.4, -0.2) is 22.8 Å². The van der Waals surface area contributed by atoms with Crippen LogP contribution in [0.4, 0.5) is 26.3 Å². The van der Waals surface area contributed by atoms with Crippen LogP contribution in [0.5, 0.6) is 0 Å². The Hall–Kier alpha value is -1.06. The number of hydrogen-bond donors (Lipinski definition) is 0. The van der Waals surface area contributed by atoms with E-state index < -0.39 is 32.0 Å². The van der Waals surface area contributed by atoms with Gasteiger partial charge >= 0.3 is 20.9 Å². The summed E-state index contributed by atoms with van der Waals surface area (Å²) in [6.07, 6.45) is -9.18. The van der Waals surface area contributed by atoms with Crippen molar-refractivity contribution in [2.75, 3.05) is 14.2 Å². The molecule has 0 fully saturated rings. The highest BCUT2D eigenvalue weighted by molar-refractivity contribution is 6.65. The van der Waals surface area contributed by atoms with Crippen LogP contribution in [0.2, 0.25) is 12.6 Å². The summed E-state index contributed by atoms with van der Waals surface area (Å²) < 4.78 is 87.0. The molecular weight excluding hydrogens is 342 g/mol. The van der Waals surface area contributed by atoms with Gasteiger partial charge in [-0.15, -0.1) is 0 Å². The quantitative estimate of drug-likeness (QED) is 0.524. The lowest BCUT2D eigenvalue weighted by Crippen LogP contribution is -2.35. The van der Waals surface area contributed by atoms with Gasteiger partial charge in [-0.1, -0.05) is 0 Å². The molecule has 1 aromatic carbocycles. The number of hydrogen-bond acceptors (Lipinski definition) is 2. The van der Waals surface area contributed by atoms with Gasteiger partial charge in [0, 0.05) is 14.2 Å². The van der Waals surface area contributed by atoms with Gasteiger partial charge in [0.15, 0.2) is 0 Å². The van der Waals surface area contributed by atoms with Gasteiger partial charge in [-0.2, -0.15) is 26.3 Å². The Balaban J connectivity index is 2.98. The summed E-state index contributed by atoms with van der Waals surface area (Å²) in [7, 11) is 0.552. The first-order valence-corrected chi connectivity index (χ1v) is 9.32. The predicted octanol–water partition coefficient (Wildman–Crippen LogP) is 5.02. The predicted molar refractivity (Wildman–Crippen MR) is 75.2 cm³/mol. The fourth-order valence-electron chi connectivity index (χ4n) is 2.06. The highest BCUT2D eigenvalue weighted by Gasteiger charge is 2.37. The van der Waals surface area contributed by atoms with Crippen LogP contribution < -0.4 is 0 Å². The lowest BCUT2D eigenvalue weighted by Gasteiger charge is -2.22. The van der Waals surface area contributed by atoms with Crippen LogP contribution in [0, 0.1) is 0 Å². The number of rotatable bonds is 6. The lowest BCUT2D eigenvalue weighted by molar-refractivity contribution is -0.143. The molecule has 9 heteroatoms. The summed E-state index contributed by atoms with van der Waals surface area (Å²) in [5, 5.41) is 0. The molecule has 23 heavy (non-hydrogen) atoms. The topological polar surface area (TPSA) is 18.5 Å². The molecule has 0 unspecified atom stereocenters. The van der Waals surface area contributed by atoms with Crippen LogP contribution in [0.1, 0.15) is 23.1 Å². The normalized spacial score (nSPS) is 13.4. The molecule has 2 nitrogen and oxygen atoms in total. The van der Waals surface area contributed by atoms with Gasteiger partial charge in [0.1, 0.15) is 0 Å². The van der Waals surface area contributed by atoms with Crippen LogP contribution in [0.3, 0.4) is 0 Å². The van der Waals surface area contributed by atoms with Gasteiger partial charge in [0.05, 0.1) is 11.1 Å². The third-order valence-electron chi connectivity index (χ3n) is 3.61. The van der Waals surface area contributed by atoms with Crippen molar-refractivity contribution >= 4 is 8.56 Å². The summed E-state index contributed by atoms with van der Waals surface area (Å²) in [6, 6.07) is 2.12. The minimum atomic E-state index is -4.82. The molecule has 132 valence electrons. The van der Waals surface area contributed by atoms with E-state index in [0.29, 0.717) is 12.5 Å². The van der Waals surface area contributed by atoms with Crippen LogP contribution in [0.25, 0.3) is 0 Å². The van der Waals surface area contributed by atoms with E-state index in [4.69, 9.17) is 8.85 Å². The molecule has 0 bridgehead atoms. The van der Waals surface area contributed by atoms with E-state index in [1.807, 2.05) is 0 Å². The lowest BCUT2D eigenvalue weighted by atomic mass is 10.0. The monoisotopic (exact) mass is 360 g/mol. The van der Waals surface area contributed by atoms with Crippen molar-refractivity contribution in [2.24, 2.45) is 0 Å². The molecule has 0 heterocycles. The highest BCUT2D eigenvalue weighted by atomic mass is 28.4. The van der Waals surface area contributed by atoms with Gasteiger partial charge in [-0.25, -0.2) is 0 Å². The molecule has 0 spiro atoms. The Bertz CT molecular complexity index is 491. The van der Waals surface area contributed by atoms with Gasteiger partial charge in [0.2, 0.25) is 0 Å². The van der Waals surface area contributed by atoms with Gasteiger partial charge in [0.25, 0.3) is 0 Å². The van der Waals surface area contributed by atoms with Gasteiger partial charge in [-0.05, 0) is 49.2 Å². The second-order valence-corrected chi connectivity index (χ2v) is 8.89. The number of benzene rings is 1. The van der Waals surface area contributed by atoms with E-state index in [1.54, 1.807) is 6.55 Å². The summed E-state index contributed by atoms with van der Waals surface area (Å²) in [5.74, 6) is 0. The third kappa shape index (κ3) is 5.81. The van der Waals surface area contributed by atoms with E-state index in [1.165, 1.54) is 14.2 Å². The fraction of sp³-hybridized carbons (Fsp3) is 0.571.